The quantitative estimate of drug-likeness (QED) is 0.524. The highest BCUT2D eigenvalue weighted by Crippen LogP contribution is 2.47. The molecule has 9 nitrogen and oxygen atoms in total. The topological polar surface area (TPSA) is 109 Å². The number of likely N-dealkylation sites (tertiary alicyclic amines) is 1. The Morgan fingerprint density at radius 1 is 1.18 bits per heavy atom. The molecule has 0 spiro atoms. The summed E-state index contributed by atoms with van der Waals surface area (Å²) in [5, 5.41) is 3.02. The lowest BCUT2D eigenvalue weighted by atomic mass is 9.84. The molecular weight excluding hydrogens is 526 g/mol. The van der Waals surface area contributed by atoms with E-state index in [9.17, 15) is 14.4 Å². The van der Waals surface area contributed by atoms with Crippen molar-refractivity contribution in [3.05, 3.63) is 34.7 Å². The van der Waals surface area contributed by atoms with Gasteiger partial charge in [-0.25, -0.2) is 4.98 Å². The molecule has 3 saturated heterocycles. The average Bonchev–Trinajstić information content (AvgIpc) is 3.35. The van der Waals surface area contributed by atoms with E-state index in [2.05, 4.69) is 30.7 Å². The van der Waals surface area contributed by atoms with Crippen LogP contribution in [0.15, 0.2) is 23.6 Å². The van der Waals surface area contributed by atoms with Gasteiger partial charge in [-0.15, -0.1) is 11.3 Å². The van der Waals surface area contributed by atoms with Crippen LogP contribution in [0.3, 0.4) is 0 Å². The van der Waals surface area contributed by atoms with Crippen molar-refractivity contribution < 1.29 is 19.1 Å². The zero-order chi connectivity index (χ0) is 28.1. The summed E-state index contributed by atoms with van der Waals surface area (Å²) in [7, 11) is 2.13. The van der Waals surface area contributed by atoms with Crippen LogP contribution in [0.25, 0.3) is 11.3 Å². The number of benzene rings is 1. The molecule has 0 unspecified atom stereocenters. The van der Waals surface area contributed by atoms with Crippen molar-refractivity contribution in [2.45, 2.75) is 51.2 Å². The molecule has 4 heterocycles. The summed E-state index contributed by atoms with van der Waals surface area (Å²) in [5.74, 6) is -0.377. The number of aromatic nitrogens is 1. The van der Waals surface area contributed by atoms with Gasteiger partial charge < -0.3 is 25.2 Å². The molecule has 1 aromatic carbocycles. The fraction of sp³-hybridized carbons (Fsp3) is 0.600. The fourth-order valence-electron chi connectivity index (χ4n) is 6.67. The summed E-state index contributed by atoms with van der Waals surface area (Å²) >= 11 is 1.61. The van der Waals surface area contributed by atoms with Gasteiger partial charge in [0.15, 0.2) is 10.9 Å². The molecule has 214 valence electrons. The molecule has 1 aliphatic carbocycles. The number of anilines is 1. The predicted octanol–water partition coefficient (Wildman–Crippen LogP) is 3.00. The second kappa shape index (κ2) is 10.9. The van der Waals surface area contributed by atoms with Crippen LogP contribution in [-0.2, 0) is 14.3 Å². The summed E-state index contributed by atoms with van der Waals surface area (Å²) in [6.45, 7) is 8.60. The highest BCUT2D eigenvalue weighted by Gasteiger charge is 2.56. The van der Waals surface area contributed by atoms with Gasteiger partial charge in [-0.1, -0.05) is 19.9 Å². The third-order valence-corrected chi connectivity index (χ3v) is 9.90. The zero-order valence-electron chi connectivity index (χ0n) is 23.5. The number of primary amides is 1. The highest BCUT2D eigenvalue weighted by atomic mass is 32.1. The second-order valence-electron chi connectivity index (χ2n) is 12.3. The Morgan fingerprint density at radius 3 is 2.60 bits per heavy atom. The van der Waals surface area contributed by atoms with E-state index in [0.29, 0.717) is 30.0 Å². The number of amides is 2. The van der Waals surface area contributed by atoms with Crippen LogP contribution in [-0.4, -0.2) is 90.9 Å². The largest absolute Gasteiger partial charge is 0.367 e. The van der Waals surface area contributed by atoms with E-state index >= 15 is 0 Å². The number of carbonyl (C=O) groups excluding carboxylic acids is 3. The van der Waals surface area contributed by atoms with Crippen LogP contribution in [0, 0.1) is 17.8 Å². The Balaban J connectivity index is 1.34. The van der Waals surface area contributed by atoms with Crippen LogP contribution in [0.1, 0.15) is 54.9 Å². The zero-order valence-corrected chi connectivity index (χ0v) is 24.4. The number of carbonyl (C=O) groups is 3. The fourth-order valence-corrected chi connectivity index (χ4v) is 7.56. The Kier molecular flexibility index (Phi) is 7.43. The van der Waals surface area contributed by atoms with Gasteiger partial charge >= 0.3 is 0 Å². The van der Waals surface area contributed by atoms with Crippen LogP contribution in [0.5, 0.6) is 0 Å². The molecule has 4 atom stereocenters. The Morgan fingerprint density at radius 2 is 1.93 bits per heavy atom. The minimum absolute atomic E-state index is 0.0208. The number of Topliss-reactive ketones (excluding diaryl/α,β-unsaturated/α-hetero) is 1. The first-order chi connectivity index (χ1) is 19.2. The molecule has 40 heavy (non-hydrogen) atoms. The molecule has 3 aliphatic heterocycles. The number of hydrogen-bond acceptors (Lipinski definition) is 8. The smallest absolute Gasteiger partial charge is 0.249 e. The molecule has 4 fully saturated rings. The predicted molar refractivity (Wildman–Crippen MR) is 154 cm³/mol. The van der Waals surface area contributed by atoms with Crippen LogP contribution in [0.2, 0.25) is 0 Å². The van der Waals surface area contributed by atoms with Crippen molar-refractivity contribution in [3.8, 4) is 11.3 Å². The van der Waals surface area contributed by atoms with Crippen molar-refractivity contribution in [2.24, 2.45) is 23.5 Å². The first-order valence-corrected chi connectivity index (χ1v) is 15.4. The maximum atomic E-state index is 14.4. The van der Waals surface area contributed by atoms with E-state index in [1.807, 2.05) is 17.5 Å². The maximum Gasteiger partial charge on any atom is 0.249 e. The van der Waals surface area contributed by atoms with Gasteiger partial charge in [0.05, 0.1) is 17.7 Å². The molecule has 2 aromatic rings. The first kappa shape index (κ1) is 27.4. The molecule has 6 rings (SSSR count). The summed E-state index contributed by atoms with van der Waals surface area (Å²) in [6.07, 6.45) is 2.58. The van der Waals surface area contributed by atoms with E-state index in [-0.39, 0.29) is 36.2 Å². The number of rotatable bonds is 8. The summed E-state index contributed by atoms with van der Waals surface area (Å²) in [5.41, 5.74) is 8.50. The number of hydrogen-bond donors (Lipinski definition) is 1. The second-order valence-corrected chi connectivity index (χ2v) is 13.2. The number of piperazine rings is 1. The first-order valence-electron chi connectivity index (χ1n) is 14.5. The van der Waals surface area contributed by atoms with Crippen LogP contribution >= 0.6 is 11.3 Å². The van der Waals surface area contributed by atoms with Gasteiger partial charge in [0.25, 0.3) is 0 Å². The molecule has 0 bridgehead atoms. The van der Waals surface area contributed by atoms with Crippen molar-refractivity contribution in [2.75, 3.05) is 51.3 Å². The van der Waals surface area contributed by atoms with Crippen molar-refractivity contribution in [3.63, 3.8) is 0 Å². The van der Waals surface area contributed by atoms with Gasteiger partial charge in [-0.2, -0.15) is 0 Å². The molecule has 2 amide bonds. The summed E-state index contributed by atoms with van der Waals surface area (Å²) < 4.78 is 5.92. The van der Waals surface area contributed by atoms with Crippen LogP contribution in [0.4, 0.5) is 5.13 Å². The number of fused-ring (bicyclic) bond motifs is 1. The Bertz CT molecular complexity index is 1300. The normalized spacial score (nSPS) is 26.0. The average molecular weight is 566 g/mol. The van der Waals surface area contributed by atoms with E-state index in [1.165, 1.54) is 0 Å². The SMILES string of the molecule is CC(C)C[C@H](C(=O)N1C[C@H](C2CC2)[C@H]2OCC(=O)[C@H]21)c1cc(-c2csc(N3CCN(C)CC3)n2)ccc1C(N)=O. The van der Waals surface area contributed by atoms with Crippen LogP contribution < -0.4 is 10.6 Å². The van der Waals surface area contributed by atoms with E-state index in [1.54, 1.807) is 22.3 Å². The molecule has 4 aliphatic rings. The number of likely N-dealkylation sites (N-methyl/N-ethyl adjacent to an activating group) is 1. The Labute approximate surface area is 239 Å². The van der Waals surface area contributed by atoms with Crippen molar-refractivity contribution in [1.82, 2.24) is 14.8 Å². The number of nitrogens with two attached hydrogens (primary N) is 1. The van der Waals surface area contributed by atoms with E-state index in [4.69, 9.17) is 15.5 Å². The van der Waals surface area contributed by atoms with Crippen molar-refractivity contribution >= 4 is 34.1 Å². The lowest BCUT2D eigenvalue weighted by Gasteiger charge is -2.32. The molecule has 1 aromatic heterocycles. The lowest BCUT2D eigenvalue weighted by Crippen LogP contribution is -2.44. The van der Waals surface area contributed by atoms with Gasteiger partial charge in [-0.05, 0) is 55.8 Å². The third kappa shape index (κ3) is 5.17. The van der Waals surface area contributed by atoms with Gasteiger partial charge in [0.1, 0.15) is 12.6 Å². The lowest BCUT2D eigenvalue weighted by molar-refractivity contribution is -0.138. The van der Waals surface area contributed by atoms with E-state index < -0.39 is 17.9 Å². The molecule has 0 radical (unpaired) electrons. The number of ketones is 1. The Hall–Kier alpha value is -2.82. The maximum absolute atomic E-state index is 14.4. The number of ether oxygens (including phenoxy) is 1. The van der Waals surface area contributed by atoms with Gasteiger partial charge in [-0.3, -0.25) is 14.4 Å². The van der Waals surface area contributed by atoms with Gasteiger partial charge in [0.2, 0.25) is 11.8 Å². The minimum atomic E-state index is -0.592. The van der Waals surface area contributed by atoms with Crippen molar-refractivity contribution in [1.29, 1.82) is 0 Å². The number of nitrogens with zero attached hydrogens (tertiary/aromatic N) is 4. The van der Waals surface area contributed by atoms with Gasteiger partial charge in [0, 0.05) is 55.1 Å². The molecular formula is C30H39N5O4S. The monoisotopic (exact) mass is 565 g/mol. The van der Waals surface area contributed by atoms with E-state index in [0.717, 1.165) is 55.4 Å². The number of thiazole rings is 1. The molecule has 1 saturated carbocycles. The summed E-state index contributed by atoms with van der Waals surface area (Å²) in [4.78, 5) is 51.2. The highest BCUT2D eigenvalue weighted by molar-refractivity contribution is 7.14. The molecule has 2 N–H and O–H groups in total. The summed E-state index contributed by atoms with van der Waals surface area (Å²) in [6, 6.07) is 4.99. The standard InChI is InChI=1S/C30H39N5O4S/c1-17(2)12-22(29(38)35-14-23(18-4-5-18)27-26(35)25(36)15-39-27)21-13-19(6-7-20(21)28(31)37)24-16-40-30(32-24)34-10-8-33(3)9-11-34/h6-7,13,16-18,22-23,26-27H,4-5,8-12,14-15H2,1-3H3,(H2,31,37)/t22-,23+,26+,27+/m0/s1. The minimum Gasteiger partial charge on any atom is -0.367 e. The molecule has 10 heteroatoms. The third-order valence-electron chi connectivity index (χ3n) is 8.99.